The molecule has 112 valence electrons. The molecule has 22 heavy (non-hydrogen) atoms. The summed E-state index contributed by atoms with van der Waals surface area (Å²) in [4.78, 5) is 4.56. The van der Waals surface area contributed by atoms with Crippen molar-refractivity contribution in [2.75, 3.05) is 0 Å². The van der Waals surface area contributed by atoms with Crippen LogP contribution in [0.15, 0.2) is 41.8 Å². The molecular weight excluding hydrogens is 276 g/mol. The molecule has 1 aromatic carbocycles. The topological polar surface area (TPSA) is 74.0 Å². The summed E-state index contributed by atoms with van der Waals surface area (Å²) in [6, 6.07) is 8.37. The van der Waals surface area contributed by atoms with Crippen LogP contribution in [-0.2, 0) is 7.05 Å². The SMILES string of the molecule is Cc1ccc(-c2c(-c3cn(N=CN)c(C)n3)cnn2C)cc1. The molecule has 6 nitrogen and oxygen atoms in total. The number of aryl methyl sites for hydroxylation is 3. The first-order chi connectivity index (χ1) is 10.6. The quantitative estimate of drug-likeness (QED) is 0.595. The first kappa shape index (κ1) is 14.1. The fourth-order valence-electron chi connectivity index (χ4n) is 2.46. The van der Waals surface area contributed by atoms with Crippen molar-refractivity contribution in [3.8, 4) is 22.5 Å². The molecule has 0 saturated carbocycles. The van der Waals surface area contributed by atoms with Crippen LogP contribution >= 0.6 is 0 Å². The Bertz CT molecular complexity index is 823. The summed E-state index contributed by atoms with van der Waals surface area (Å²) in [6.45, 7) is 3.96. The maximum atomic E-state index is 5.36. The van der Waals surface area contributed by atoms with Gasteiger partial charge in [0.2, 0.25) is 0 Å². The summed E-state index contributed by atoms with van der Waals surface area (Å²) in [5.41, 5.74) is 10.5. The van der Waals surface area contributed by atoms with Gasteiger partial charge in [0.25, 0.3) is 0 Å². The molecule has 6 heteroatoms. The predicted molar refractivity (Wildman–Crippen MR) is 87.4 cm³/mol. The van der Waals surface area contributed by atoms with Crippen LogP contribution in [0.2, 0.25) is 0 Å². The van der Waals surface area contributed by atoms with E-state index in [1.807, 2.05) is 31.0 Å². The van der Waals surface area contributed by atoms with E-state index in [1.165, 1.54) is 11.9 Å². The van der Waals surface area contributed by atoms with E-state index in [0.717, 1.165) is 28.3 Å². The van der Waals surface area contributed by atoms with Gasteiger partial charge < -0.3 is 5.73 Å². The predicted octanol–water partition coefficient (Wildman–Crippen LogP) is 2.32. The zero-order chi connectivity index (χ0) is 15.7. The highest BCUT2D eigenvalue weighted by Crippen LogP contribution is 2.31. The van der Waals surface area contributed by atoms with Crippen molar-refractivity contribution in [3.05, 3.63) is 48.0 Å². The second kappa shape index (κ2) is 5.48. The van der Waals surface area contributed by atoms with Crippen LogP contribution < -0.4 is 5.73 Å². The Morgan fingerprint density at radius 3 is 2.59 bits per heavy atom. The number of nitrogens with two attached hydrogens (primary N) is 1. The molecule has 2 aromatic heterocycles. The van der Waals surface area contributed by atoms with Crippen LogP contribution in [0.1, 0.15) is 11.4 Å². The number of nitrogens with zero attached hydrogens (tertiary/aromatic N) is 5. The van der Waals surface area contributed by atoms with E-state index in [0.29, 0.717) is 0 Å². The Kier molecular flexibility index (Phi) is 3.50. The number of hydrogen-bond donors (Lipinski definition) is 1. The fourth-order valence-corrected chi connectivity index (χ4v) is 2.46. The highest BCUT2D eigenvalue weighted by molar-refractivity contribution is 5.79. The summed E-state index contributed by atoms with van der Waals surface area (Å²) >= 11 is 0. The van der Waals surface area contributed by atoms with E-state index in [4.69, 9.17) is 5.73 Å². The molecule has 0 fully saturated rings. The van der Waals surface area contributed by atoms with E-state index in [2.05, 4.69) is 46.4 Å². The zero-order valence-corrected chi connectivity index (χ0v) is 12.9. The Hall–Kier alpha value is -2.89. The first-order valence-corrected chi connectivity index (χ1v) is 7.00. The summed E-state index contributed by atoms with van der Waals surface area (Å²) in [7, 11) is 1.93. The van der Waals surface area contributed by atoms with E-state index in [1.54, 1.807) is 4.68 Å². The molecule has 2 N–H and O–H groups in total. The smallest absolute Gasteiger partial charge is 0.127 e. The lowest BCUT2D eigenvalue weighted by Crippen LogP contribution is -1.96. The van der Waals surface area contributed by atoms with Crippen molar-refractivity contribution in [3.63, 3.8) is 0 Å². The molecule has 0 saturated heterocycles. The second-order valence-corrected chi connectivity index (χ2v) is 5.18. The van der Waals surface area contributed by atoms with E-state index in [9.17, 15) is 0 Å². The van der Waals surface area contributed by atoms with Crippen LogP contribution in [-0.4, -0.2) is 25.8 Å². The van der Waals surface area contributed by atoms with E-state index in [-0.39, 0.29) is 0 Å². The summed E-state index contributed by atoms with van der Waals surface area (Å²) in [6.07, 6.45) is 4.93. The van der Waals surface area contributed by atoms with Gasteiger partial charge in [0.15, 0.2) is 0 Å². The number of imidazole rings is 1. The minimum Gasteiger partial charge on any atom is -0.388 e. The molecule has 0 aliphatic carbocycles. The molecule has 0 aliphatic rings. The lowest BCUT2D eigenvalue weighted by Gasteiger charge is -2.05. The average Bonchev–Trinajstić information content (AvgIpc) is 3.04. The second-order valence-electron chi connectivity index (χ2n) is 5.18. The van der Waals surface area contributed by atoms with Crippen LogP contribution in [0, 0.1) is 13.8 Å². The van der Waals surface area contributed by atoms with Crippen molar-refractivity contribution >= 4 is 6.34 Å². The summed E-state index contributed by atoms with van der Waals surface area (Å²) in [5.74, 6) is 0.774. The zero-order valence-electron chi connectivity index (χ0n) is 12.9. The van der Waals surface area contributed by atoms with Crippen molar-refractivity contribution in [1.29, 1.82) is 0 Å². The van der Waals surface area contributed by atoms with E-state index < -0.39 is 0 Å². The van der Waals surface area contributed by atoms with Gasteiger partial charge in [-0.15, -0.1) is 0 Å². The number of rotatable bonds is 3. The van der Waals surface area contributed by atoms with Crippen LogP contribution in [0.5, 0.6) is 0 Å². The van der Waals surface area contributed by atoms with Gasteiger partial charge in [-0.25, -0.2) is 9.66 Å². The first-order valence-electron chi connectivity index (χ1n) is 7.00. The molecule has 0 radical (unpaired) electrons. The maximum absolute atomic E-state index is 5.36. The Morgan fingerprint density at radius 1 is 1.18 bits per heavy atom. The molecule has 0 unspecified atom stereocenters. The van der Waals surface area contributed by atoms with Gasteiger partial charge >= 0.3 is 0 Å². The summed E-state index contributed by atoms with van der Waals surface area (Å²) in [5, 5.41) is 8.43. The molecular formula is C16H18N6. The van der Waals surface area contributed by atoms with Crippen molar-refractivity contribution in [1.82, 2.24) is 19.4 Å². The third kappa shape index (κ3) is 2.39. The van der Waals surface area contributed by atoms with Crippen molar-refractivity contribution in [2.24, 2.45) is 17.9 Å². The van der Waals surface area contributed by atoms with E-state index >= 15 is 0 Å². The molecule has 3 aromatic rings. The fraction of sp³-hybridized carbons (Fsp3) is 0.188. The van der Waals surface area contributed by atoms with Gasteiger partial charge in [-0.1, -0.05) is 29.8 Å². The standard InChI is InChI=1S/C16H18N6/c1-11-4-6-13(7-5-11)16-14(8-18-21(16)3)15-9-22(19-10-17)12(2)20-15/h4-10H,1-3H3,(H2,17,19). The largest absolute Gasteiger partial charge is 0.388 e. The monoisotopic (exact) mass is 294 g/mol. The van der Waals surface area contributed by atoms with Gasteiger partial charge in [-0.05, 0) is 13.8 Å². The Balaban J connectivity index is 2.13. The van der Waals surface area contributed by atoms with Gasteiger partial charge in [0, 0.05) is 18.2 Å². The molecule has 0 amide bonds. The number of hydrogen-bond acceptors (Lipinski definition) is 3. The van der Waals surface area contributed by atoms with Gasteiger partial charge in [-0.2, -0.15) is 10.2 Å². The number of aromatic nitrogens is 4. The van der Waals surface area contributed by atoms with Crippen molar-refractivity contribution in [2.45, 2.75) is 13.8 Å². The average molecular weight is 294 g/mol. The molecule has 0 aliphatic heterocycles. The van der Waals surface area contributed by atoms with Gasteiger partial charge in [0.05, 0.1) is 23.8 Å². The highest BCUT2D eigenvalue weighted by Gasteiger charge is 2.16. The minimum atomic E-state index is 0.774. The molecule has 0 bridgehead atoms. The van der Waals surface area contributed by atoms with Gasteiger partial charge in [0.1, 0.15) is 12.2 Å². The third-order valence-electron chi connectivity index (χ3n) is 3.59. The molecule has 2 heterocycles. The normalized spacial score (nSPS) is 11.4. The van der Waals surface area contributed by atoms with Crippen molar-refractivity contribution < 1.29 is 0 Å². The van der Waals surface area contributed by atoms with Crippen LogP contribution in [0.3, 0.4) is 0 Å². The molecule has 0 atom stereocenters. The lowest BCUT2D eigenvalue weighted by molar-refractivity contribution is 0.776. The maximum Gasteiger partial charge on any atom is 0.127 e. The van der Waals surface area contributed by atoms with Crippen LogP contribution in [0.4, 0.5) is 0 Å². The Labute approximate surface area is 128 Å². The van der Waals surface area contributed by atoms with Crippen LogP contribution in [0.25, 0.3) is 22.5 Å². The lowest BCUT2D eigenvalue weighted by atomic mass is 10.0. The third-order valence-corrected chi connectivity index (χ3v) is 3.59. The minimum absolute atomic E-state index is 0.774. The molecule has 0 spiro atoms. The highest BCUT2D eigenvalue weighted by atomic mass is 15.4. The molecule has 3 rings (SSSR count). The number of benzene rings is 1. The Morgan fingerprint density at radius 2 is 1.91 bits per heavy atom. The van der Waals surface area contributed by atoms with Gasteiger partial charge in [-0.3, -0.25) is 4.68 Å². The summed E-state index contributed by atoms with van der Waals surface area (Å²) < 4.78 is 3.52.